The number of anilines is 2. The molecule has 1 N–H and O–H groups in total. The maximum absolute atomic E-state index is 11.9. The first-order valence-corrected chi connectivity index (χ1v) is 6.14. The van der Waals surface area contributed by atoms with Crippen LogP contribution in [0.4, 0.5) is 11.4 Å². The molecule has 1 aromatic carbocycles. The summed E-state index contributed by atoms with van der Waals surface area (Å²) in [5.41, 5.74) is 2.29. The molecule has 0 atom stereocenters. The SMILES string of the molecule is CN(C)c1ccc(NC(=O)c2ccc(Cl)nc2)cc1. The number of halogens is 1. The van der Waals surface area contributed by atoms with E-state index in [1.54, 1.807) is 12.1 Å². The average molecular weight is 276 g/mol. The molecule has 0 aliphatic rings. The Balaban J connectivity index is 2.08. The maximum atomic E-state index is 11.9. The minimum atomic E-state index is -0.207. The molecule has 0 saturated carbocycles. The zero-order valence-electron chi connectivity index (χ0n) is 10.7. The fraction of sp³-hybridized carbons (Fsp3) is 0.143. The van der Waals surface area contributed by atoms with Crippen LogP contribution in [0.2, 0.25) is 5.15 Å². The van der Waals surface area contributed by atoms with Crippen LogP contribution in [0, 0.1) is 0 Å². The summed E-state index contributed by atoms with van der Waals surface area (Å²) >= 11 is 5.68. The van der Waals surface area contributed by atoms with Gasteiger partial charge >= 0.3 is 0 Å². The molecule has 0 fully saturated rings. The van der Waals surface area contributed by atoms with Crippen molar-refractivity contribution >= 4 is 28.9 Å². The highest BCUT2D eigenvalue weighted by Gasteiger charge is 2.06. The Labute approximate surface area is 117 Å². The van der Waals surface area contributed by atoms with Crippen LogP contribution in [0.15, 0.2) is 42.6 Å². The van der Waals surface area contributed by atoms with Crippen molar-refractivity contribution in [2.75, 3.05) is 24.3 Å². The molecule has 2 aromatic rings. The van der Waals surface area contributed by atoms with Crippen LogP contribution in [-0.2, 0) is 0 Å². The highest BCUT2D eigenvalue weighted by molar-refractivity contribution is 6.29. The highest BCUT2D eigenvalue weighted by Crippen LogP contribution is 2.16. The number of benzene rings is 1. The summed E-state index contributed by atoms with van der Waals surface area (Å²) in [6.45, 7) is 0. The lowest BCUT2D eigenvalue weighted by molar-refractivity contribution is 0.102. The Bertz CT molecular complexity index is 564. The molecule has 1 heterocycles. The van der Waals surface area contributed by atoms with Crippen LogP contribution in [0.25, 0.3) is 0 Å². The lowest BCUT2D eigenvalue weighted by Crippen LogP contribution is -2.12. The van der Waals surface area contributed by atoms with Gasteiger partial charge in [-0.1, -0.05) is 11.6 Å². The molecule has 0 unspecified atom stereocenters. The number of aromatic nitrogens is 1. The minimum Gasteiger partial charge on any atom is -0.378 e. The molecule has 0 spiro atoms. The zero-order chi connectivity index (χ0) is 13.8. The number of pyridine rings is 1. The Morgan fingerprint density at radius 1 is 1.16 bits per heavy atom. The molecule has 0 aliphatic carbocycles. The van der Waals surface area contributed by atoms with Gasteiger partial charge in [-0.05, 0) is 36.4 Å². The van der Waals surface area contributed by atoms with Crippen molar-refractivity contribution in [2.45, 2.75) is 0 Å². The third-order valence-electron chi connectivity index (χ3n) is 2.63. The van der Waals surface area contributed by atoms with E-state index < -0.39 is 0 Å². The molecule has 19 heavy (non-hydrogen) atoms. The summed E-state index contributed by atoms with van der Waals surface area (Å²) < 4.78 is 0. The third-order valence-corrected chi connectivity index (χ3v) is 2.85. The molecule has 0 radical (unpaired) electrons. The fourth-order valence-corrected chi connectivity index (χ4v) is 1.67. The predicted octanol–water partition coefficient (Wildman–Crippen LogP) is 3.05. The molecule has 5 heteroatoms. The van der Waals surface area contributed by atoms with Crippen molar-refractivity contribution in [3.63, 3.8) is 0 Å². The van der Waals surface area contributed by atoms with Gasteiger partial charge in [0, 0.05) is 31.7 Å². The van der Waals surface area contributed by atoms with E-state index in [9.17, 15) is 4.79 Å². The molecule has 1 amide bonds. The zero-order valence-corrected chi connectivity index (χ0v) is 11.5. The summed E-state index contributed by atoms with van der Waals surface area (Å²) in [4.78, 5) is 17.8. The molecule has 0 aliphatic heterocycles. The van der Waals surface area contributed by atoms with Crippen molar-refractivity contribution in [3.05, 3.63) is 53.3 Å². The highest BCUT2D eigenvalue weighted by atomic mass is 35.5. The largest absolute Gasteiger partial charge is 0.378 e. The monoisotopic (exact) mass is 275 g/mol. The number of carbonyl (C=O) groups is 1. The second-order valence-corrected chi connectivity index (χ2v) is 4.65. The second-order valence-electron chi connectivity index (χ2n) is 4.27. The van der Waals surface area contributed by atoms with Crippen LogP contribution in [0.5, 0.6) is 0 Å². The molecule has 0 bridgehead atoms. The molecule has 4 nitrogen and oxygen atoms in total. The van der Waals surface area contributed by atoms with Crippen molar-refractivity contribution in [1.29, 1.82) is 0 Å². The number of hydrogen-bond donors (Lipinski definition) is 1. The first-order valence-electron chi connectivity index (χ1n) is 5.76. The quantitative estimate of drug-likeness (QED) is 0.876. The van der Waals surface area contributed by atoms with Crippen molar-refractivity contribution in [2.24, 2.45) is 0 Å². The van der Waals surface area contributed by atoms with E-state index in [1.807, 2.05) is 43.3 Å². The van der Waals surface area contributed by atoms with Gasteiger partial charge in [-0.15, -0.1) is 0 Å². The van der Waals surface area contributed by atoms with Crippen molar-refractivity contribution in [1.82, 2.24) is 4.98 Å². The molecular formula is C14H14ClN3O. The minimum absolute atomic E-state index is 0.207. The van der Waals surface area contributed by atoms with Gasteiger partial charge in [-0.25, -0.2) is 4.98 Å². The van der Waals surface area contributed by atoms with Crippen molar-refractivity contribution < 1.29 is 4.79 Å². The predicted molar refractivity (Wildman–Crippen MR) is 78.0 cm³/mol. The lowest BCUT2D eigenvalue weighted by atomic mass is 10.2. The molecular weight excluding hydrogens is 262 g/mol. The van der Waals surface area contributed by atoms with E-state index in [0.717, 1.165) is 11.4 Å². The van der Waals surface area contributed by atoms with E-state index in [1.165, 1.54) is 6.20 Å². The normalized spacial score (nSPS) is 10.1. The lowest BCUT2D eigenvalue weighted by Gasteiger charge is -2.13. The van der Waals surface area contributed by atoms with Gasteiger partial charge in [-0.2, -0.15) is 0 Å². The van der Waals surface area contributed by atoms with Gasteiger partial charge in [0.15, 0.2) is 0 Å². The third kappa shape index (κ3) is 3.45. The van der Waals surface area contributed by atoms with Crippen LogP contribution in [0.3, 0.4) is 0 Å². The van der Waals surface area contributed by atoms with Crippen LogP contribution in [-0.4, -0.2) is 25.0 Å². The number of amides is 1. The Morgan fingerprint density at radius 2 is 1.84 bits per heavy atom. The summed E-state index contributed by atoms with van der Waals surface area (Å²) in [7, 11) is 3.93. The summed E-state index contributed by atoms with van der Waals surface area (Å²) in [5.74, 6) is -0.207. The average Bonchev–Trinajstić information content (AvgIpc) is 2.40. The number of nitrogens with one attached hydrogen (secondary N) is 1. The van der Waals surface area contributed by atoms with Gasteiger partial charge in [0.1, 0.15) is 5.15 Å². The van der Waals surface area contributed by atoms with Crippen LogP contribution in [0.1, 0.15) is 10.4 Å². The van der Waals surface area contributed by atoms with Crippen molar-refractivity contribution in [3.8, 4) is 0 Å². The Morgan fingerprint density at radius 3 is 2.37 bits per heavy atom. The van der Waals surface area contributed by atoms with E-state index in [4.69, 9.17) is 11.6 Å². The number of nitrogens with zero attached hydrogens (tertiary/aromatic N) is 2. The standard InChI is InChI=1S/C14H14ClN3O/c1-18(2)12-6-4-11(5-7-12)17-14(19)10-3-8-13(15)16-9-10/h3-9H,1-2H3,(H,17,19). The molecule has 98 valence electrons. The Kier molecular flexibility index (Phi) is 4.02. The fourth-order valence-electron chi connectivity index (χ4n) is 1.56. The van der Waals surface area contributed by atoms with Gasteiger partial charge in [-0.3, -0.25) is 4.79 Å². The second kappa shape index (κ2) is 5.71. The van der Waals surface area contributed by atoms with Crippen LogP contribution < -0.4 is 10.2 Å². The van der Waals surface area contributed by atoms with Crippen LogP contribution >= 0.6 is 11.6 Å². The van der Waals surface area contributed by atoms with Gasteiger partial charge in [0.2, 0.25) is 0 Å². The molecule has 2 rings (SSSR count). The van der Waals surface area contributed by atoms with Gasteiger partial charge < -0.3 is 10.2 Å². The van der Waals surface area contributed by atoms with E-state index in [-0.39, 0.29) is 5.91 Å². The maximum Gasteiger partial charge on any atom is 0.257 e. The summed E-state index contributed by atoms with van der Waals surface area (Å²) in [6, 6.07) is 10.8. The summed E-state index contributed by atoms with van der Waals surface area (Å²) in [5, 5.41) is 3.17. The van der Waals surface area contributed by atoms with E-state index >= 15 is 0 Å². The molecule has 1 aromatic heterocycles. The number of hydrogen-bond acceptors (Lipinski definition) is 3. The first kappa shape index (κ1) is 13.4. The first-order chi connectivity index (χ1) is 9.06. The topological polar surface area (TPSA) is 45.2 Å². The summed E-state index contributed by atoms with van der Waals surface area (Å²) in [6.07, 6.45) is 1.45. The van der Waals surface area contributed by atoms with Gasteiger partial charge in [0.25, 0.3) is 5.91 Å². The number of rotatable bonds is 3. The van der Waals surface area contributed by atoms with E-state index in [2.05, 4.69) is 10.3 Å². The van der Waals surface area contributed by atoms with E-state index in [0.29, 0.717) is 10.7 Å². The number of carbonyl (C=O) groups excluding carboxylic acids is 1. The van der Waals surface area contributed by atoms with Gasteiger partial charge in [0.05, 0.1) is 5.56 Å². The smallest absolute Gasteiger partial charge is 0.257 e. The Hall–Kier alpha value is -2.07. The molecule has 0 saturated heterocycles.